The molecular weight excluding hydrogens is 185 g/mol. The maximum Gasteiger partial charge on any atom is 0.307 e. The van der Waals surface area contributed by atoms with Gasteiger partial charge in [-0.05, 0) is 11.6 Å². The van der Waals surface area contributed by atoms with Gasteiger partial charge in [-0.2, -0.15) is 0 Å². The molecule has 76 valence electrons. The van der Waals surface area contributed by atoms with E-state index >= 15 is 0 Å². The minimum Gasteiger partial charge on any atom is -0.481 e. The molecule has 0 aliphatic carbocycles. The van der Waals surface area contributed by atoms with Crippen molar-refractivity contribution in [3.05, 3.63) is 29.8 Å². The van der Waals surface area contributed by atoms with Crippen LogP contribution in [0.15, 0.2) is 24.3 Å². The maximum atomic E-state index is 11.9. The number of carbonyl (C=O) groups is 1. The fourth-order valence-electron chi connectivity index (χ4n) is 1.19. The van der Waals surface area contributed by atoms with Crippen molar-refractivity contribution in [1.82, 2.24) is 0 Å². The van der Waals surface area contributed by atoms with Gasteiger partial charge in [-0.15, -0.1) is 0 Å². The highest BCUT2D eigenvalue weighted by Gasteiger charge is 2.04. The van der Waals surface area contributed by atoms with E-state index < -0.39 is 12.6 Å². The molecule has 0 aliphatic heterocycles. The topological polar surface area (TPSA) is 49.3 Å². The number of hydrogen-bond acceptors (Lipinski definition) is 2. The zero-order valence-corrected chi connectivity index (χ0v) is 7.66. The Balaban J connectivity index is 2.74. The molecule has 4 heteroatoms. The SMILES string of the molecule is O=C(O)Cc1ccccc1NCCF. The van der Waals surface area contributed by atoms with Crippen LogP contribution in [0.25, 0.3) is 0 Å². The third kappa shape index (κ3) is 3.05. The molecule has 0 amide bonds. The molecule has 1 aromatic carbocycles. The molecule has 0 spiro atoms. The number of hydrogen-bond donors (Lipinski definition) is 2. The quantitative estimate of drug-likeness (QED) is 0.755. The summed E-state index contributed by atoms with van der Waals surface area (Å²) in [5.74, 6) is -0.889. The molecule has 1 aromatic rings. The fraction of sp³-hybridized carbons (Fsp3) is 0.300. The summed E-state index contributed by atoms with van der Waals surface area (Å²) in [5, 5.41) is 11.4. The van der Waals surface area contributed by atoms with E-state index in [-0.39, 0.29) is 13.0 Å². The summed E-state index contributed by atoms with van der Waals surface area (Å²) in [5.41, 5.74) is 1.36. The maximum absolute atomic E-state index is 11.9. The average Bonchev–Trinajstić information content (AvgIpc) is 2.16. The Bertz CT molecular complexity index is 315. The number of aliphatic carboxylic acids is 1. The largest absolute Gasteiger partial charge is 0.481 e. The van der Waals surface area contributed by atoms with Crippen LogP contribution in [0.1, 0.15) is 5.56 Å². The Labute approximate surface area is 81.6 Å². The zero-order chi connectivity index (χ0) is 10.4. The van der Waals surface area contributed by atoms with E-state index in [9.17, 15) is 9.18 Å². The lowest BCUT2D eigenvalue weighted by atomic mass is 10.1. The van der Waals surface area contributed by atoms with Crippen molar-refractivity contribution in [2.45, 2.75) is 6.42 Å². The number of carboxylic acids is 1. The molecule has 0 unspecified atom stereocenters. The van der Waals surface area contributed by atoms with E-state index in [4.69, 9.17) is 5.11 Å². The number of halogens is 1. The van der Waals surface area contributed by atoms with Crippen LogP contribution in [0.4, 0.5) is 10.1 Å². The van der Waals surface area contributed by atoms with Gasteiger partial charge in [-0.1, -0.05) is 18.2 Å². The second-order valence-corrected chi connectivity index (χ2v) is 2.84. The smallest absolute Gasteiger partial charge is 0.307 e. The van der Waals surface area contributed by atoms with Gasteiger partial charge in [0, 0.05) is 12.2 Å². The van der Waals surface area contributed by atoms with Gasteiger partial charge in [-0.3, -0.25) is 4.79 Å². The summed E-state index contributed by atoms with van der Waals surface area (Å²) >= 11 is 0. The van der Waals surface area contributed by atoms with Crippen molar-refractivity contribution < 1.29 is 14.3 Å². The van der Waals surface area contributed by atoms with Gasteiger partial charge < -0.3 is 10.4 Å². The van der Waals surface area contributed by atoms with Gasteiger partial charge >= 0.3 is 5.97 Å². The van der Waals surface area contributed by atoms with Crippen molar-refractivity contribution in [3.8, 4) is 0 Å². The number of anilines is 1. The van der Waals surface area contributed by atoms with Crippen molar-refractivity contribution in [3.63, 3.8) is 0 Å². The number of carboxylic acid groups (broad SMARTS) is 1. The highest BCUT2D eigenvalue weighted by atomic mass is 19.1. The Morgan fingerprint density at radius 3 is 2.79 bits per heavy atom. The zero-order valence-electron chi connectivity index (χ0n) is 7.66. The summed E-state index contributed by atoms with van der Waals surface area (Å²) in [7, 11) is 0. The van der Waals surface area contributed by atoms with Gasteiger partial charge in [0.15, 0.2) is 0 Å². The van der Waals surface area contributed by atoms with Crippen molar-refractivity contribution >= 4 is 11.7 Å². The van der Waals surface area contributed by atoms with Gasteiger partial charge in [0.2, 0.25) is 0 Å². The van der Waals surface area contributed by atoms with Crippen LogP contribution in [-0.2, 0) is 11.2 Å². The Kier molecular flexibility index (Phi) is 3.91. The van der Waals surface area contributed by atoms with Gasteiger partial charge in [0.05, 0.1) is 6.42 Å². The number of benzene rings is 1. The van der Waals surface area contributed by atoms with E-state index in [2.05, 4.69) is 5.32 Å². The predicted octanol–water partition coefficient (Wildman–Crippen LogP) is 1.70. The van der Waals surface area contributed by atoms with Crippen LogP contribution < -0.4 is 5.32 Å². The third-order valence-corrected chi connectivity index (χ3v) is 1.77. The molecule has 0 fully saturated rings. The Hall–Kier alpha value is -1.58. The monoisotopic (exact) mass is 197 g/mol. The molecule has 0 aromatic heterocycles. The second-order valence-electron chi connectivity index (χ2n) is 2.84. The fourth-order valence-corrected chi connectivity index (χ4v) is 1.19. The highest BCUT2D eigenvalue weighted by molar-refractivity contribution is 5.73. The van der Waals surface area contributed by atoms with Crippen LogP contribution in [0.5, 0.6) is 0 Å². The summed E-state index contributed by atoms with van der Waals surface area (Å²) in [6, 6.07) is 7.01. The first-order valence-electron chi connectivity index (χ1n) is 4.33. The summed E-state index contributed by atoms with van der Waals surface area (Å²) in [4.78, 5) is 10.5. The predicted molar refractivity (Wildman–Crippen MR) is 52.2 cm³/mol. The molecule has 0 heterocycles. The van der Waals surface area contributed by atoms with E-state index in [1.165, 1.54) is 0 Å². The highest BCUT2D eigenvalue weighted by Crippen LogP contribution is 2.15. The first kappa shape index (κ1) is 10.5. The number of rotatable bonds is 5. The van der Waals surface area contributed by atoms with Gasteiger partial charge in [-0.25, -0.2) is 4.39 Å². The van der Waals surface area contributed by atoms with Crippen LogP contribution in [-0.4, -0.2) is 24.3 Å². The van der Waals surface area contributed by atoms with Crippen molar-refractivity contribution in [1.29, 1.82) is 0 Å². The molecule has 0 radical (unpaired) electrons. The number of alkyl halides is 1. The Morgan fingerprint density at radius 1 is 1.43 bits per heavy atom. The standard InChI is InChI=1S/C10H12FNO2/c11-5-6-12-9-4-2-1-3-8(9)7-10(13)14/h1-4,12H,5-7H2,(H,13,14). The minimum absolute atomic E-state index is 0.0462. The molecule has 0 aliphatic rings. The summed E-state index contributed by atoms with van der Waals surface area (Å²) in [6.07, 6.45) is -0.0462. The second kappa shape index (κ2) is 5.21. The lowest BCUT2D eigenvalue weighted by Crippen LogP contribution is -2.08. The van der Waals surface area contributed by atoms with Crippen molar-refractivity contribution in [2.75, 3.05) is 18.5 Å². The molecule has 0 atom stereocenters. The van der Waals surface area contributed by atoms with E-state index in [1.54, 1.807) is 24.3 Å². The molecule has 0 saturated heterocycles. The molecular formula is C10H12FNO2. The molecule has 2 N–H and O–H groups in total. The minimum atomic E-state index is -0.889. The lowest BCUT2D eigenvalue weighted by molar-refractivity contribution is -0.136. The van der Waals surface area contributed by atoms with Gasteiger partial charge in [0.1, 0.15) is 6.67 Å². The molecule has 1 rings (SSSR count). The molecule has 0 saturated carbocycles. The first-order chi connectivity index (χ1) is 6.74. The molecule has 3 nitrogen and oxygen atoms in total. The first-order valence-corrected chi connectivity index (χ1v) is 4.33. The molecule has 14 heavy (non-hydrogen) atoms. The van der Waals surface area contributed by atoms with Crippen LogP contribution >= 0.6 is 0 Å². The van der Waals surface area contributed by atoms with Crippen molar-refractivity contribution in [2.24, 2.45) is 0 Å². The summed E-state index contributed by atoms with van der Waals surface area (Å²) in [6.45, 7) is -0.266. The van der Waals surface area contributed by atoms with E-state index in [0.717, 1.165) is 0 Å². The lowest BCUT2D eigenvalue weighted by Gasteiger charge is -2.08. The third-order valence-electron chi connectivity index (χ3n) is 1.77. The average molecular weight is 197 g/mol. The number of para-hydroxylation sites is 1. The summed E-state index contributed by atoms with van der Waals surface area (Å²) < 4.78 is 11.9. The van der Waals surface area contributed by atoms with Crippen LogP contribution in [0, 0.1) is 0 Å². The van der Waals surface area contributed by atoms with Crippen LogP contribution in [0.3, 0.4) is 0 Å². The normalized spacial score (nSPS) is 9.79. The molecule has 0 bridgehead atoms. The Morgan fingerprint density at radius 2 is 2.14 bits per heavy atom. The van der Waals surface area contributed by atoms with E-state index in [1.807, 2.05) is 0 Å². The number of nitrogens with one attached hydrogen (secondary N) is 1. The van der Waals surface area contributed by atoms with E-state index in [0.29, 0.717) is 11.3 Å². The van der Waals surface area contributed by atoms with Crippen LogP contribution in [0.2, 0.25) is 0 Å². The van der Waals surface area contributed by atoms with Gasteiger partial charge in [0.25, 0.3) is 0 Å².